The second kappa shape index (κ2) is 6.95. The molecule has 1 unspecified atom stereocenters. The number of anilines is 1. The van der Waals surface area contributed by atoms with E-state index in [-0.39, 0.29) is 17.6 Å². The second-order valence-corrected chi connectivity index (χ2v) is 4.74. The number of rotatable bonds is 7. The molecule has 7 heteroatoms. The zero-order valence-electron chi connectivity index (χ0n) is 10.4. The van der Waals surface area contributed by atoms with Crippen molar-refractivity contribution in [2.24, 2.45) is 0 Å². The molecule has 0 fully saturated rings. The van der Waals surface area contributed by atoms with E-state index in [1.807, 2.05) is 13.8 Å². The van der Waals surface area contributed by atoms with Crippen LogP contribution < -0.4 is 10.6 Å². The predicted octanol–water partition coefficient (Wildman–Crippen LogP) is 1.56. The molecule has 0 aliphatic heterocycles. The molecule has 0 aliphatic rings. The van der Waals surface area contributed by atoms with Crippen molar-refractivity contribution < 1.29 is 14.7 Å². The monoisotopic (exact) mass is 271 g/mol. The number of carbonyl (C=O) groups is 2. The number of hydrogen-bond acceptors (Lipinski definition) is 5. The zero-order chi connectivity index (χ0) is 13.5. The van der Waals surface area contributed by atoms with E-state index in [0.29, 0.717) is 18.0 Å². The molecular formula is C11H17N3O3S. The largest absolute Gasteiger partial charge is 0.476 e. The van der Waals surface area contributed by atoms with Gasteiger partial charge in [-0.1, -0.05) is 6.92 Å². The van der Waals surface area contributed by atoms with Gasteiger partial charge in [0.15, 0.2) is 5.69 Å². The summed E-state index contributed by atoms with van der Waals surface area (Å²) in [5.41, 5.74) is 1.47. The maximum atomic E-state index is 11.5. The molecular weight excluding hydrogens is 254 g/mol. The Balaban J connectivity index is 2.35. The topological polar surface area (TPSA) is 91.3 Å². The summed E-state index contributed by atoms with van der Waals surface area (Å²) in [4.78, 5) is 26.0. The van der Waals surface area contributed by atoms with Crippen LogP contribution in [0, 0.1) is 0 Å². The van der Waals surface area contributed by atoms with Gasteiger partial charge in [-0.05, 0) is 13.3 Å². The number of hydrogen-bond donors (Lipinski definition) is 3. The minimum absolute atomic E-state index is 0.00216. The number of carboxylic acid groups (broad SMARTS) is 1. The van der Waals surface area contributed by atoms with Crippen LogP contribution in [0.5, 0.6) is 0 Å². The molecule has 1 heterocycles. The van der Waals surface area contributed by atoms with Gasteiger partial charge in [-0.3, -0.25) is 4.79 Å². The first kappa shape index (κ1) is 14.4. The van der Waals surface area contributed by atoms with Crippen molar-refractivity contribution in [3.8, 4) is 0 Å². The summed E-state index contributed by atoms with van der Waals surface area (Å²) in [6.45, 7) is 4.33. The third-order valence-corrected chi connectivity index (χ3v) is 3.21. The Morgan fingerprint density at radius 2 is 2.28 bits per heavy atom. The normalized spacial score (nSPS) is 11.9. The molecule has 1 rings (SSSR count). The number of amides is 1. The van der Waals surface area contributed by atoms with E-state index in [1.165, 1.54) is 16.8 Å². The Bertz CT molecular complexity index is 419. The Kier molecular flexibility index (Phi) is 5.57. The van der Waals surface area contributed by atoms with Gasteiger partial charge in [-0.2, -0.15) is 0 Å². The fourth-order valence-corrected chi connectivity index (χ4v) is 1.96. The Hall–Kier alpha value is -1.63. The van der Waals surface area contributed by atoms with E-state index < -0.39 is 5.97 Å². The Morgan fingerprint density at radius 1 is 1.56 bits per heavy atom. The first-order chi connectivity index (χ1) is 8.54. The molecule has 1 aromatic rings. The number of nitrogens with zero attached hydrogens (tertiary/aromatic N) is 1. The molecule has 0 spiro atoms. The quantitative estimate of drug-likeness (QED) is 0.700. The first-order valence-electron chi connectivity index (χ1n) is 5.74. The minimum Gasteiger partial charge on any atom is -0.476 e. The third kappa shape index (κ3) is 4.33. The van der Waals surface area contributed by atoms with Gasteiger partial charge < -0.3 is 15.7 Å². The van der Waals surface area contributed by atoms with Crippen LogP contribution in [0.4, 0.5) is 5.00 Å². The fourth-order valence-electron chi connectivity index (χ4n) is 1.26. The summed E-state index contributed by atoms with van der Waals surface area (Å²) in [6.07, 6.45) is 1.19. The summed E-state index contributed by atoms with van der Waals surface area (Å²) in [7, 11) is 0. The smallest absolute Gasteiger partial charge is 0.357 e. The number of aromatic nitrogens is 1. The highest BCUT2D eigenvalue weighted by molar-refractivity contribution is 7.14. The lowest BCUT2D eigenvalue weighted by Crippen LogP contribution is -2.32. The van der Waals surface area contributed by atoms with Crippen molar-refractivity contribution in [3.05, 3.63) is 11.2 Å². The van der Waals surface area contributed by atoms with Crippen LogP contribution in [0.25, 0.3) is 0 Å². The summed E-state index contributed by atoms with van der Waals surface area (Å²) < 4.78 is 0. The van der Waals surface area contributed by atoms with E-state index >= 15 is 0 Å². The van der Waals surface area contributed by atoms with Crippen LogP contribution in [0.1, 0.15) is 37.2 Å². The van der Waals surface area contributed by atoms with Crippen LogP contribution >= 0.6 is 11.3 Å². The number of carbonyl (C=O) groups excluding carboxylic acids is 1. The summed E-state index contributed by atoms with van der Waals surface area (Å²) >= 11 is 1.21. The molecule has 0 bridgehead atoms. The second-order valence-electron chi connectivity index (χ2n) is 3.89. The fraction of sp³-hybridized carbons (Fsp3) is 0.545. The molecule has 0 radical (unpaired) electrons. The first-order valence-corrected chi connectivity index (χ1v) is 6.62. The standard InChI is InChI=1S/C11H17N3O3S/c1-3-7(2)14-8(15)4-5-12-10-9(11(16)17)13-6-18-10/h6-7,12H,3-5H2,1-2H3,(H,14,15)(H,16,17). The van der Waals surface area contributed by atoms with E-state index in [4.69, 9.17) is 5.11 Å². The summed E-state index contributed by atoms with van der Waals surface area (Å²) in [6, 6.07) is 0.162. The maximum Gasteiger partial charge on any atom is 0.357 e. The van der Waals surface area contributed by atoms with E-state index in [9.17, 15) is 9.59 Å². The zero-order valence-corrected chi connectivity index (χ0v) is 11.2. The highest BCUT2D eigenvalue weighted by atomic mass is 32.1. The molecule has 0 aliphatic carbocycles. The average molecular weight is 271 g/mol. The lowest BCUT2D eigenvalue weighted by Gasteiger charge is -2.11. The number of aromatic carboxylic acids is 1. The van der Waals surface area contributed by atoms with Gasteiger partial charge in [0, 0.05) is 19.0 Å². The molecule has 0 aromatic carbocycles. The lowest BCUT2D eigenvalue weighted by molar-refractivity contribution is -0.121. The van der Waals surface area contributed by atoms with Gasteiger partial charge in [0.05, 0.1) is 5.51 Å². The van der Waals surface area contributed by atoms with Crippen LogP contribution in [0.3, 0.4) is 0 Å². The van der Waals surface area contributed by atoms with Crippen molar-refractivity contribution in [2.45, 2.75) is 32.7 Å². The van der Waals surface area contributed by atoms with Crippen LogP contribution in [-0.2, 0) is 4.79 Å². The molecule has 18 heavy (non-hydrogen) atoms. The number of thiazole rings is 1. The molecule has 1 amide bonds. The average Bonchev–Trinajstić information content (AvgIpc) is 2.77. The van der Waals surface area contributed by atoms with Crippen LogP contribution in [0.15, 0.2) is 5.51 Å². The van der Waals surface area contributed by atoms with Crippen LogP contribution in [0.2, 0.25) is 0 Å². The van der Waals surface area contributed by atoms with E-state index in [2.05, 4.69) is 15.6 Å². The minimum atomic E-state index is -1.07. The number of nitrogens with one attached hydrogen (secondary N) is 2. The number of carboxylic acids is 1. The van der Waals surface area contributed by atoms with Crippen molar-refractivity contribution in [2.75, 3.05) is 11.9 Å². The van der Waals surface area contributed by atoms with Gasteiger partial charge in [-0.15, -0.1) is 11.3 Å². The summed E-state index contributed by atoms with van der Waals surface area (Å²) in [5, 5.41) is 15.1. The highest BCUT2D eigenvalue weighted by Gasteiger charge is 2.13. The van der Waals surface area contributed by atoms with Crippen molar-refractivity contribution in [3.63, 3.8) is 0 Å². The lowest BCUT2D eigenvalue weighted by atomic mass is 10.2. The van der Waals surface area contributed by atoms with Crippen molar-refractivity contribution in [1.82, 2.24) is 10.3 Å². The highest BCUT2D eigenvalue weighted by Crippen LogP contribution is 2.19. The summed E-state index contributed by atoms with van der Waals surface area (Å²) in [5.74, 6) is -1.11. The third-order valence-electron chi connectivity index (χ3n) is 2.43. The van der Waals surface area contributed by atoms with E-state index in [1.54, 1.807) is 0 Å². The molecule has 0 saturated heterocycles. The SMILES string of the molecule is CCC(C)NC(=O)CCNc1scnc1C(=O)O. The Labute approximate surface area is 109 Å². The van der Waals surface area contributed by atoms with Gasteiger partial charge >= 0.3 is 5.97 Å². The van der Waals surface area contributed by atoms with Gasteiger partial charge in [0.1, 0.15) is 5.00 Å². The van der Waals surface area contributed by atoms with E-state index in [0.717, 1.165) is 6.42 Å². The molecule has 1 aromatic heterocycles. The Morgan fingerprint density at radius 3 is 2.89 bits per heavy atom. The van der Waals surface area contributed by atoms with Crippen LogP contribution in [-0.4, -0.2) is 34.6 Å². The molecule has 100 valence electrons. The van der Waals surface area contributed by atoms with Crippen molar-refractivity contribution >= 4 is 28.2 Å². The van der Waals surface area contributed by atoms with Gasteiger partial charge in [0.2, 0.25) is 5.91 Å². The van der Waals surface area contributed by atoms with Crippen molar-refractivity contribution in [1.29, 1.82) is 0 Å². The molecule has 6 nitrogen and oxygen atoms in total. The molecule has 3 N–H and O–H groups in total. The molecule has 1 atom stereocenters. The maximum absolute atomic E-state index is 11.5. The van der Waals surface area contributed by atoms with Gasteiger partial charge in [-0.25, -0.2) is 9.78 Å². The predicted molar refractivity (Wildman–Crippen MR) is 70.1 cm³/mol. The molecule has 0 saturated carbocycles. The van der Waals surface area contributed by atoms with Gasteiger partial charge in [0.25, 0.3) is 0 Å².